The van der Waals surface area contributed by atoms with Crippen LogP contribution in [-0.2, 0) is 0 Å². The summed E-state index contributed by atoms with van der Waals surface area (Å²) in [6, 6.07) is 67.4. The maximum atomic E-state index is 9.71. The first-order valence-corrected chi connectivity index (χ1v) is 17.9. The molecule has 0 radical (unpaired) electrons. The molecular formula is C49H30N4. The molecule has 0 aliphatic carbocycles. The summed E-state index contributed by atoms with van der Waals surface area (Å²) in [5.41, 5.74) is 13.1. The van der Waals surface area contributed by atoms with Crippen molar-refractivity contribution < 1.29 is 0 Å². The Morgan fingerprint density at radius 2 is 0.698 bits per heavy atom. The molecule has 0 N–H and O–H groups in total. The van der Waals surface area contributed by atoms with Crippen LogP contribution in [0.4, 0.5) is 0 Å². The zero-order chi connectivity index (χ0) is 35.0. The first-order valence-electron chi connectivity index (χ1n) is 17.9. The zero-order valence-electron chi connectivity index (χ0n) is 28.6. The third kappa shape index (κ3) is 4.35. The molecule has 0 amide bonds. The van der Waals surface area contributed by atoms with Gasteiger partial charge in [0.05, 0.1) is 44.7 Å². The fourth-order valence-electron chi connectivity index (χ4n) is 8.57. The number of para-hydroxylation sites is 5. The summed E-state index contributed by atoms with van der Waals surface area (Å²) >= 11 is 0. The van der Waals surface area contributed by atoms with E-state index < -0.39 is 0 Å². The van der Waals surface area contributed by atoms with Crippen LogP contribution < -0.4 is 0 Å². The van der Waals surface area contributed by atoms with E-state index in [2.05, 4.69) is 190 Å². The minimum Gasteiger partial charge on any atom is -0.309 e. The van der Waals surface area contributed by atoms with E-state index in [4.69, 9.17) is 0 Å². The minimum absolute atomic E-state index is 0.661. The molecule has 4 heteroatoms. The molecular weight excluding hydrogens is 645 g/mol. The number of nitriles is 1. The largest absolute Gasteiger partial charge is 0.309 e. The third-order valence-corrected chi connectivity index (χ3v) is 10.8. The van der Waals surface area contributed by atoms with Crippen molar-refractivity contribution in [2.45, 2.75) is 0 Å². The second-order valence-electron chi connectivity index (χ2n) is 13.7. The number of hydrogen-bond donors (Lipinski definition) is 0. The van der Waals surface area contributed by atoms with Crippen molar-refractivity contribution in [3.8, 4) is 34.3 Å². The average molecular weight is 675 g/mol. The molecule has 0 spiro atoms. The first kappa shape index (κ1) is 29.4. The molecule has 0 aliphatic heterocycles. The van der Waals surface area contributed by atoms with Crippen molar-refractivity contribution in [2.24, 2.45) is 0 Å². The second-order valence-corrected chi connectivity index (χ2v) is 13.7. The third-order valence-electron chi connectivity index (χ3n) is 10.8. The maximum Gasteiger partial charge on any atom is 0.0991 e. The van der Waals surface area contributed by atoms with Crippen molar-refractivity contribution in [1.82, 2.24) is 13.7 Å². The standard InChI is InChI=1S/C49H30N4/c50-31-32-24-25-49-43(26-32)42-18-5-10-23-48(42)51(49)35-13-11-12-33(27-35)34-28-36(52-44-19-6-1-14-38(44)39-15-2-7-20-45(39)52)30-37(29-34)53-46-21-8-3-16-40(46)41-17-4-9-22-47(41)53/h1-30H. The predicted molar refractivity (Wildman–Crippen MR) is 220 cm³/mol. The zero-order valence-corrected chi connectivity index (χ0v) is 28.6. The van der Waals surface area contributed by atoms with Gasteiger partial charge in [-0.1, -0.05) is 103 Å². The van der Waals surface area contributed by atoms with E-state index in [0.29, 0.717) is 5.56 Å². The summed E-state index contributed by atoms with van der Waals surface area (Å²) < 4.78 is 7.14. The van der Waals surface area contributed by atoms with Gasteiger partial charge in [-0.15, -0.1) is 0 Å². The van der Waals surface area contributed by atoms with Gasteiger partial charge in [0, 0.05) is 49.4 Å². The molecule has 53 heavy (non-hydrogen) atoms. The van der Waals surface area contributed by atoms with Crippen LogP contribution in [0.2, 0.25) is 0 Å². The van der Waals surface area contributed by atoms with Gasteiger partial charge in [-0.05, 0) is 90.0 Å². The number of aromatic nitrogens is 3. The van der Waals surface area contributed by atoms with Crippen LogP contribution in [0.3, 0.4) is 0 Å². The lowest BCUT2D eigenvalue weighted by atomic mass is 10.0. The molecule has 8 aromatic carbocycles. The highest BCUT2D eigenvalue weighted by Gasteiger charge is 2.18. The summed E-state index contributed by atoms with van der Waals surface area (Å²) in [5.74, 6) is 0. The SMILES string of the molecule is N#Cc1ccc2c(c1)c1ccccc1n2-c1cccc(-c2cc(-n3c4ccccc4c4ccccc43)cc(-n3c4ccccc4c4ccccc43)c2)c1. The lowest BCUT2D eigenvalue weighted by molar-refractivity contribution is 1.13. The quantitative estimate of drug-likeness (QED) is 0.183. The van der Waals surface area contributed by atoms with Crippen LogP contribution >= 0.6 is 0 Å². The smallest absolute Gasteiger partial charge is 0.0991 e. The van der Waals surface area contributed by atoms with Gasteiger partial charge in [0.2, 0.25) is 0 Å². The molecule has 3 heterocycles. The Morgan fingerprint density at radius 1 is 0.302 bits per heavy atom. The molecule has 0 atom stereocenters. The molecule has 246 valence electrons. The maximum absolute atomic E-state index is 9.71. The molecule has 0 aliphatic rings. The molecule has 11 rings (SSSR count). The summed E-state index contributed by atoms with van der Waals surface area (Å²) in [6.45, 7) is 0. The van der Waals surface area contributed by atoms with E-state index >= 15 is 0 Å². The van der Waals surface area contributed by atoms with Gasteiger partial charge in [0.25, 0.3) is 0 Å². The molecule has 4 nitrogen and oxygen atoms in total. The highest BCUT2D eigenvalue weighted by molar-refractivity contribution is 6.11. The van der Waals surface area contributed by atoms with E-state index in [1.54, 1.807) is 0 Å². The fraction of sp³-hybridized carbons (Fsp3) is 0. The number of rotatable bonds is 4. The summed E-state index contributed by atoms with van der Waals surface area (Å²) in [5, 5.41) is 16.9. The molecule has 11 aromatic rings. The molecule has 3 aromatic heterocycles. The van der Waals surface area contributed by atoms with Crippen molar-refractivity contribution >= 4 is 65.4 Å². The normalized spacial score (nSPS) is 11.8. The summed E-state index contributed by atoms with van der Waals surface area (Å²) in [7, 11) is 0. The van der Waals surface area contributed by atoms with Gasteiger partial charge in [-0.25, -0.2) is 0 Å². The number of benzene rings is 8. The minimum atomic E-state index is 0.661. The molecule has 0 saturated heterocycles. The highest BCUT2D eigenvalue weighted by Crippen LogP contribution is 2.39. The van der Waals surface area contributed by atoms with Gasteiger partial charge in [0.1, 0.15) is 0 Å². The Labute approximate surface area is 305 Å². The van der Waals surface area contributed by atoms with Gasteiger partial charge >= 0.3 is 0 Å². The van der Waals surface area contributed by atoms with E-state index in [1.807, 2.05) is 12.1 Å². The number of hydrogen-bond acceptors (Lipinski definition) is 1. The van der Waals surface area contributed by atoms with Crippen molar-refractivity contribution in [3.63, 3.8) is 0 Å². The lowest BCUT2D eigenvalue weighted by Crippen LogP contribution is -2.00. The number of fused-ring (bicyclic) bond motifs is 9. The van der Waals surface area contributed by atoms with Gasteiger partial charge in [-0.3, -0.25) is 0 Å². The van der Waals surface area contributed by atoms with Gasteiger partial charge < -0.3 is 13.7 Å². The van der Waals surface area contributed by atoms with E-state index in [9.17, 15) is 5.26 Å². The lowest BCUT2D eigenvalue weighted by Gasteiger charge is -2.16. The van der Waals surface area contributed by atoms with Crippen LogP contribution in [0, 0.1) is 11.3 Å². The Kier molecular flexibility index (Phi) is 6.28. The Balaban J connectivity index is 1.21. The molecule has 0 saturated carbocycles. The van der Waals surface area contributed by atoms with Crippen LogP contribution in [-0.4, -0.2) is 13.7 Å². The predicted octanol–water partition coefficient (Wildman–Crippen LogP) is 12.5. The molecule has 0 bridgehead atoms. The van der Waals surface area contributed by atoms with E-state index in [0.717, 1.165) is 50.0 Å². The van der Waals surface area contributed by atoms with Crippen LogP contribution in [0.15, 0.2) is 182 Å². The topological polar surface area (TPSA) is 38.6 Å². The van der Waals surface area contributed by atoms with Crippen LogP contribution in [0.25, 0.3) is 93.6 Å². The van der Waals surface area contributed by atoms with Crippen molar-refractivity contribution in [2.75, 3.05) is 0 Å². The Hall–Kier alpha value is -7.35. The fourth-order valence-corrected chi connectivity index (χ4v) is 8.57. The second kappa shape index (κ2) is 11.3. The van der Waals surface area contributed by atoms with Gasteiger partial charge in [0.15, 0.2) is 0 Å². The summed E-state index contributed by atoms with van der Waals surface area (Å²) in [4.78, 5) is 0. The highest BCUT2D eigenvalue weighted by atomic mass is 15.0. The van der Waals surface area contributed by atoms with E-state index in [-0.39, 0.29) is 0 Å². The Bertz CT molecular complexity index is 3070. The van der Waals surface area contributed by atoms with Crippen LogP contribution in [0.1, 0.15) is 5.56 Å². The summed E-state index contributed by atoms with van der Waals surface area (Å²) in [6.07, 6.45) is 0. The van der Waals surface area contributed by atoms with E-state index in [1.165, 1.54) is 43.6 Å². The number of nitrogens with zero attached hydrogens (tertiary/aromatic N) is 4. The molecule has 0 unspecified atom stereocenters. The molecule has 0 fully saturated rings. The average Bonchev–Trinajstić information content (AvgIpc) is 3.86. The van der Waals surface area contributed by atoms with Gasteiger partial charge in [-0.2, -0.15) is 5.26 Å². The first-order chi connectivity index (χ1) is 26.2. The van der Waals surface area contributed by atoms with Crippen molar-refractivity contribution in [3.05, 3.63) is 188 Å². The monoisotopic (exact) mass is 674 g/mol. The Morgan fingerprint density at radius 3 is 1.17 bits per heavy atom. The van der Waals surface area contributed by atoms with Crippen molar-refractivity contribution in [1.29, 1.82) is 5.26 Å². The van der Waals surface area contributed by atoms with Crippen LogP contribution in [0.5, 0.6) is 0 Å².